The van der Waals surface area contributed by atoms with Gasteiger partial charge in [0.2, 0.25) is 11.8 Å². The molecule has 3 unspecified atom stereocenters. The highest BCUT2D eigenvalue weighted by Crippen LogP contribution is 2.29. The maximum Gasteiger partial charge on any atom is 0.270 e. The van der Waals surface area contributed by atoms with E-state index >= 15 is 0 Å². The lowest BCUT2D eigenvalue weighted by Crippen LogP contribution is -2.53. The summed E-state index contributed by atoms with van der Waals surface area (Å²) in [7, 11) is 1.27. The van der Waals surface area contributed by atoms with E-state index in [2.05, 4.69) is 10.3 Å². The van der Waals surface area contributed by atoms with Crippen molar-refractivity contribution in [3.8, 4) is 6.07 Å². The van der Waals surface area contributed by atoms with Crippen LogP contribution in [0.1, 0.15) is 37.2 Å². The number of fused-ring (bicyclic) bond motifs is 1. The summed E-state index contributed by atoms with van der Waals surface area (Å²) < 4.78 is 42.2. The molecule has 3 aromatic rings. The molecule has 0 saturated carbocycles. The number of likely N-dealkylation sites (N-methyl/N-ethyl adjacent to an activating group) is 1. The summed E-state index contributed by atoms with van der Waals surface area (Å²) >= 11 is 0. The van der Waals surface area contributed by atoms with Gasteiger partial charge in [0.15, 0.2) is 11.6 Å². The number of rotatable bonds is 7. The van der Waals surface area contributed by atoms with E-state index in [0.29, 0.717) is 11.8 Å². The van der Waals surface area contributed by atoms with Crippen molar-refractivity contribution in [2.75, 3.05) is 18.9 Å². The van der Waals surface area contributed by atoms with Gasteiger partial charge in [-0.2, -0.15) is 5.26 Å². The normalized spacial score (nSPS) is 17.9. The van der Waals surface area contributed by atoms with Crippen LogP contribution in [0, 0.1) is 34.7 Å². The van der Waals surface area contributed by atoms with Crippen LogP contribution in [0.4, 0.5) is 18.9 Å². The molecule has 3 atom stereocenters. The Balaban J connectivity index is 1.60. The molecule has 2 heterocycles. The Labute approximate surface area is 228 Å². The van der Waals surface area contributed by atoms with E-state index in [1.165, 1.54) is 25.8 Å². The molecular formula is C28H28F3N5O4. The number of amides is 3. The molecule has 0 aliphatic carbocycles. The molecule has 1 aliphatic heterocycles. The van der Waals surface area contributed by atoms with Gasteiger partial charge in [-0.15, -0.1) is 0 Å². The van der Waals surface area contributed by atoms with Gasteiger partial charge in [-0.25, -0.2) is 13.2 Å². The molecule has 0 spiro atoms. The minimum absolute atomic E-state index is 0.0694. The first-order valence-electron chi connectivity index (χ1n) is 12.5. The molecule has 1 aromatic heterocycles. The van der Waals surface area contributed by atoms with Crippen LogP contribution >= 0.6 is 0 Å². The molecule has 1 saturated heterocycles. The van der Waals surface area contributed by atoms with Crippen LogP contribution in [-0.4, -0.2) is 68.9 Å². The Bertz CT molecular complexity index is 1500. The lowest BCUT2D eigenvalue weighted by molar-refractivity contribution is -0.138. The number of benzene rings is 2. The minimum atomic E-state index is -1.44. The highest BCUT2D eigenvalue weighted by molar-refractivity contribution is 6.00. The standard InChI is InChI=1S/C28H28F3N5O4/c1-28(2,40)12-22(35(3)26(38)21-10-18-19(29)11-20(30)23(31)24(18)34-21)27(39)36-14-15(9-17(36)13-32)25(37)33-16-7-5-4-6-8-16/h4-8,10-11,15,17,22,34,40H,9,12,14H2,1-3H3,(H,33,37). The number of nitrogens with zero attached hydrogens (tertiary/aromatic N) is 3. The fourth-order valence-corrected chi connectivity index (χ4v) is 4.85. The molecule has 1 fully saturated rings. The van der Waals surface area contributed by atoms with Crippen molar-refractivity contribution in [3.63, 3.8) is 0 Å². The summed E-state index contributed by atoms with van der Waals surface area (Å²) in [5.74, 6) is -6.49. The summed E-state index contributed by atoms with van der Waals surface area (Å²) in [6, 6.07) is 9.82. The number of hydrogen-bond donors (Lipinski definition) is 3. The Kier molecular flexibility index (Phi) is 7.88. The highest BCUT2D eigenvalue weighted by Gasteiger charge is 2.44. The Morgan fingerprint density at radius 3 is 2.50 bits per heavy atom. The number of halogens is 3. The van der Waals surface area contributed by atoms with E-state index in [-0.39, 0.29) is 36.4 Å². The first-order chi connectivity index (χ1) is 18.8. The van der Waals surface area contributed by atoms with E-state index in [9.17, 15) is 37.9 Å². The lowest BCUT2D eigenvalue weighted by Gasteiger charge is -2.34. The minimum Gasteiger partial charge on any atom is -0.390 e. The zero-order valence-corrected chi connectivity index (χ0v) is 22.0. The number of aromatic nitrogens is 1. The number of carbonyl (C=O) groups is 3. The Hall–Kier alpha value is -4.37. The molecule has 2 aromatic carbocycles. The highest BCUT2D eigenvalue weighted by atomic mass is 19.2. The van der Waals surface area contributed by atoms with Crippen LogP contribution in [0.2, 0.25) is 0 Å². The van der Waals surface area contributed by atoms with Crippen LogP contribution in [0.25, 0.3) is 10.9 Å². The van der Waals surface area contributed by atoms with Gasteiger partial charge < -0.3 is 25.2 Å². The third-order valence-electron chi connectivity index (χ3n) is 6.90. The van der Waals surface area contributed by atoms with Gasteiger partial charge in [-0.05, 0) is 38.5 Å². The van der Waals surface area contributed by atoms with Crippen molar-refractivity contribution < 1.29 is 32.7 Å². The topological polar surface area (TPSA) is 130 Å². The summed E-state index contributed by atoms with van der Waals surface area (Å²) in [6.07, 6.45) is -0.179. The Morgan fingerprint density at radius 2 is 1.88 bits per heavy atom. The van der Waals surface area contributed by atoms with Gasteiger partial charge in [-0.3, -0.25) is 14.4 Å². The molecule has 12 heteroatoms. The van der Waals surface area contributed by atoms with Crippen LogP contribution in [0.5, 0.6) is 0 Å². The molecule has 210 valence electrons. The third-order valence-corrected chi connectivity index (χ3v) is 6.90. The summed E-state index contributed by atoms with van der Waals surface area (Å²) in [6.45, 7) is 2.77. The number of aromatic amines is 1. The van der Waals surface area contributed by atoms with E-state index in [1.54, 1.807) is 30.3 Å². The van der Waals surface area contributed by atoms with Crippen molar-refractivity contribution in [1.82, 2.24) is 14.8 Å². The van der Waals surface area contributed by atoms with Gasteiger partial charge in [0.05, 0.1) is 23.1 Å². The van der Waals surface area contributed by atoms with Crippen LogP contribution < -0.4 is 5.32 Å². The van der Waals surface area contributed by atoms with Crippen molar-refractivity contribution >= 4 is 34.3 Å². The monoisotopic (exact) mass is 555 g/mol. The molecule has 40 heavy (non-hydrogen) atoms. The second-order valence-electron chi connectivity index (χ2n) is 10.5. The third kappa shape index (κ3) is 5.79. The van der Waals surface area contributed by atoms with Gasteiger partial charge >= 0.3 is 0 Å². The largest absolute Gasteiger partial charge is 0.390 e. The quantitative estimate of drug-likeness (QED) is 0.384. The number of nitrogens with one attached hydrogen (secondary N) is 2. The zero-order chi connectivity index (χ0) is 29.4. The van der Waals surface area contributed by atoms with Crippen molar-refractivity contribution in [2.24, 2.45) is 5.92 Å². The molecule has 3 N–H and O–H groups in total. The fraction of sp³-hybridized carbons (Fsp3) is 0.357. The molecule has 0 radical (unpaired) electrons. The van der Waals surface area contributed by atoms with E-state index in [4.69, 9.17) is 0 Å². The molecule has 9 nitrogen and oxygen atoms in total. The van der Waals surface area contributed by atoms with Gasteiger partial charge in [0.25, 0.3) is 5.91 Å². The van der Waals surface area contributed by atoms with Crippen LogP contribution in [0.15, 0.2) is 42.5 Å². The van der Waals surface area contributed by atoms with E-state index in [1.807, 2.05) is 6.07 Å². The smallest absolute Gasteiger partial charge is 0.270 e. The average Bonchev–Trinajstić information content (AvgIpc) is 3.55. The van der Waals surface area contributed by atoms with Crippen LogP contribution in [0.3, 0.4) is 0 Å². The lowest BCUT2D eigenvalue weighted by atomic mass is 9.96. The first kappa shape index (κ1) is 28.6. The number of aliphatic hydroxyl groups is 1. The van der Waals surface area contributed by atoms with Gasteiger partial charge in [0, 0.05) is 37.2 Å². The zero-order valence-electron chi connectivity index (χ0n) is 22.0. The number of anilines is 1. The number of likely N-dealkylation sites (tertiary alicyclic amines) is 1. The summed E-state index contributed by atoms with van der Waals surface area (Å²) in [5.41, 5.74) is -1.74. The number of para-hydroxylation sites is 1. The van der Waals surface area contributed by atoms with Crippen molar-refractivity contribution in [3.05, 3.63) is 65.6 Å². The SMILES string of the molecule is CN(C(=O)c1cc2c(F)cc(F)c(F)c2[nH]1)C(CC(C)(C)O)C(=O)N1CC(C(=O)Nc2ccccc2)CC1C#N. The maximum absolute atomic E-state index is 14.2. The second-order valence-corrected chi connectivity index (χ2v) is 10.5. The second kappa shape index (κ2) is 11.0. The Morgan fingerprint density at radius 1 is 1.20 bits per heavy atom. The summed E-state index contributed by atoms with van der Waals surface area (Å²) in [5, 5.41) is 22.7. The summed E-state index contributed by atoms with van der Waals surface area (Å²) in [4.78, 5) is 44.6. The average molecular weight is 556 g/mol. The molecular weight excluding hydrogens is 527 g/mol. The first-order valence-corrected chi connectivity index (χ1v) is 12.5. The van der Waals surface area contributed by atoms with E-state index < -0.39 is 58.4 Å². The predicted octanol–water partition coefficient (Wildman–Crippen LogP) is 3.57. The molecule has 1 aliphatic rings. The fourth-order valence-electron chi connectivity index (χ4n) is 4.85. The van der Waals surface area contributed by atoms with E-state index in [0.717, 1.165) is 11.0 Å². The molecule has 3 amide bonds. The molecule has 0 bridgehead atoms. The van der Waals surface area contributed by atoms with Gasteiger partial charge in [0.1, 0.15) is 23.6 Å². The van der Waals surface area contributed by atoms with Crippen molar-refractivity contribution in [1.29, 1.82) is 5.26 Å². The number of hydrogen-bond acceptors (Lipinski definition) is 5. The van der Waals surface area contributed by atoms with Crippen LogP contribution in [-0.2, 0) is 9.59 Å². The van der Waals surface area contributed by atoms with Gasteiger partial charge in [-0.1, -0.05) is 18.2 Å². The number of H-pyrrole nitrogens is 1. The predicted molar refractivity (Wildman–Crippen MR) is 139 cm³/mol. The number of nitriles is 1. The maximum atomic E-state index is 14.2. The molecule has 4 rings (SSSR count). The number of carbonyl (C=O) groups excluding carboxylic acids is 3. The van der Waals surface area contributed by atoms with Crippen molar-refractivity contribution in [2.45, 2.75) is 44.4 Å².